The molecule has 0 aromatic carbocycles. The van der Waals surface area contributed by atoms with Crippen LogP contribution in [-0.4, -0.2) is 12.0 Å². The first-order valence-corrected chi connectivity index (χ1v) is 6.30. The highest BCUT2D eigenvalue weighted by molar-refractivity contribution is 7.12. The van der Waals surface area contributed by atoms with Gasteiger partial charge in [-0.25, -0.2) is 4.98 Å². The molecule has 0 radical (unpaired) electrons. The molecule has 0 spiro atoms. The van der Waals surface area contributed by atoms with Crippen LogP contribution in [0.3, 0.4) is 0 Å². The third-order valence-corrected chi connectivity index (χ3v) is 4.35. The summed E-state index contributed by atoms with van der Waals surface area (Å²) in [7, 11) is 1.94. The lowest BCUT2D eigenvalue weighted by atomic mass is 10.1. The summed E-state index contributed by atoms with van der Waals surface area (Å²) in [6.45, 7) is 0.837. The van der Waals surface area contributed by atoms with Crippen molar-refractivity contribution in [3.8, 4) is 0 Å². The van der Waals surface area contributed by atoms with Crippen molar-refractivity contribution in [1.82, 2.24) is 10.3 Å². The monoisotopic (exact) mass is 230 g/mol. The van der Waals surface area contributed by atoms with Crippen LogP contribution in [0.25, 0.3) is 0 Å². The van der Waals surface area contributed by atoms with Gasteiger partial charge < -0.3 is 5.32 Å². The van der Waals surface area contributed by atoms with Gasteiger partial charge in [-0.2, -0.15) is 0 Å². The first-order valence-electron chi connectivity index (χ1n) is 5.11. The van der Waals surface area contributed by atoms with Crippen LogP contribution in [0.15, 0.2) is 0 Å². The molecule has 0 atom stereocenters. The van der Waals surface area contributed by atoms with Crippen LogP contribution in [0.5, 0.6) is 0 Å². The Morgan fingerprint density at radius 2 is 2.21 bits per heavy atom. The van der Waals surface area contributed by atoms with Crippen molar-refractivity contribution in [2.24, 2.45) is 0 Å². The third kappa shape index (κ3) is 2.10. The van der Waals surface area contributed by atoms with E-state index in [1.54, 1.807) is 11.3 Å². The van der Waals surface area contributed by atoms with Gasteiger partial charge in [0.15, 0.2) is 0 Å². The van der Waals surface area contributed by atoms with Gasteiger partial charge >= 0.3 is 0 Å². The summed E-state index contributed by atoms with van der Waals surface area (Å²) in [6.07, 6.45) is 5.29. The zero-order chi connectivity index (χ0) is 9.97. The molecule has 0 bridgehead atoms. The van der Waals surface area contributed by atoms with Crippen molar-refractivity contribution in [1.29, 1.82) is 0 Å². The Morgan fingerprint density at radius 1 is 1.50 bits per heavy atom. The van der Waals surface area contributed by atoms with Crippen molar-refractivity contribution < 1.29 is 0 Å². The number of aromatic nitrogens is 1. The molecule has 1 heterocycles. The summed E-state index contributed by atoms with van der Waals surface area (Å²) < 4.78 is 0. The van der Waals surface area contributed by atoms with Crippen LogP contribution >= 0.6 is 22.9 Å². The molecule has 1 N–H and O–H groups in total. The molecule has 1 aromatic rings. The number of hydrogen-bond acceptors (Lipinski definition) is 3. The van der Waals surface area contributed by atoms with E-state index < -0.39 is 0 Å². The summed E-state index contributed by atoms with van der Waals surface area (Å²) in [5, 5.41) is 5.06. The predicted molar refractivity (Wildman–Crippen MR) is 61.1 cm³/mol. The summed E-state index contributed by atoms with van der Waals surface area (Å²) in [4.78, 5) is 5.63. The van der Waals surface area contributed by atoms with Crippen LogP contribution < -0.4 is 5.32 Å². The Balaban J connectivity index is 2.14. The van der Waals surface area contributed by atoms with E-state index in [4.69, 9.17) is 11.6 Å². The van der Waals surface area contributed by atoms with E-state index in [9.17, 15) is 0 Å². The van der Waals surface area contributed by atoms with Crippen LogP contribution in [0.4, 0.5) is 0 Å². The molecule has 14 heavy (non-hydrogen) atoms. The quantitative estimate of drug-likeness (QED) is 0.863. The Bertz CT molecular complexity index is 305. The maximum atomic E-state index is 6.06. The lowest BCUT2D eigenvalue weighted by Gasteiger charge is -2.01. The average molecular weight is 231 g/mol. The first-order chi connectivity index (χ1) is 6.81. The molecule has 0 amide bonds. The zero-order valence-electron chi connectivity index (χ0n) is 8.35. The summed E-state index contributed by atoms with van der Waals surface area (Å²) in [6, 6.07) is 0. The van der Waals surface area contributed by atoms with Crippen LogP contribution in [0, 0.1) is 0 Å². The molecule has 2 rings (SSSR count). The topological polar surface area (TPSA) is 24.9 Å². The molecular weight excluding hydrogens is 216 g/mol. The van der Waals surface area contributed by atoms with Gasteiger partial charge in [-0.3, -0.25) is 0 Å². The second-order valence-corrected chi connectivity index (χ2v) is 5.25. The molecule has 0 aliphatic heterocycles. The fraction of sp³-hybridized carbons (Fsp3) is 0.700. The first kappa shape index (κ1) is 10.4. The number of nitrogens with zero attached hydrogens (tertiary/aromatic N) is 1. The largest absolute Gasteiger partial charge is 0.315 e. The fourth-order valence-electron chi connectivity index (χ4n) is 1.97. The van der Waals surface area contributed by atoms with Crippen molar-refractivity contribution >= 4 is 22.9 Å². The van der Waals surface area contributed by atoms with Crippen molar-refractivity contribution in [3.05, 3.63) is 15.0 Å². The number of hydrogen-bond donors (Lipinski definition) is 1. The maximum Gasteiger partial charge on any atom is 0.144 e. The predicted octanol–water partition coefficient (Wildman–Crippen LogP) is 3.17. The Labute approximate surface area is 93.7 Å². The second kappa shape index (κ2) is 4.60. The molecule has 1 aliphatic rings. The third-order valence-electron chi connectivity index (χ3n) is 2.71. The second-order valence-electron chi connectivity index (χ2n) is 3.78. The fourth-order valence-corrected chi connectivity index (χ4v) is 3.43. The van der Waals surface area contributed by atoms with Crippen LogP contribution in [-0.2, 0) is 6.54 Å². The van der Waals surface area contributed by atoms with Gasteiger partial charge in [-0.1, -0.05) is 24.4 Å². The maximum absolute atomic E-state index is 6.06. The Hall–Kier alpha value is -0.120. The lowest BCUT2D eigenvalue weighted by Crippen LogP contribution is -2.03. The van der Waals surface area contributed by atoms with E-state index in [1.807, 2.05) is 7.05 Å². The van der Waals surface area contributed by atoms with E-state index in [-0.39, 0.29) is 0 Å². The van der Waals surface area contributed by atoms with Gasteiger partial charge in [-0.15, -0.1) is 11.3 Å². The summed E-state index contributed by atoms with van der Waals surface area (Å²) in [5.41, 5.74) is 0. The normalized spacial score (nSPS) is 17.9. The van der Waals surface area contributed by atoms with E-state index in [0.717, 1.165) is 6.54 Å². The highest BCUT2D eigenvalue weighted by atomic mass is 35.5. The van der Waals surface area contributed by atoms with Gasteiger partial charge in [0.25, 0.3) is 0 Å². The SMILES string of the molecule is CNCc1sc(C2CCCC2)nc1Cl. The standard InChI is InChI=1S/C10H15ClN2S/c1-12-6-8-9(11)13-10(14-8)7-4-2-3-5-7/h7,12H,2-6H2,1H3. The Kier molecular flexibility index (Phi) is 3.42. The summed E-state index contributed by atoms with van der Waals surface area (Å²) in [5.74, 6) is 0.683. The van der Waals surface area contributed by atoms with Crippen LogP contribution in [0.2, 0.25) is 5.15 Å². The highest BCUT2D eigenvalue weighted by Crippen LogP contribution is 2.38. The van der Waals surface area contributed by atoms with Crippen molar-refractivity contribution in [2.75, 3.05) is 7.05 Å². The number of halogens is 1. The molecule has 0 unspecified atom stereocenters. The molecule has 1 saturated carbocycles. The summed E-state index contributed by atoms with van der Waals surface area (Å²) >= 11 is 7.84. The van der Waals surface area contributed by atoms with Gasteiger partial charge in [0.1, 0.15) is 5.15 Å². The van der Waals surface area contributed by atoms with Crippen molar-refractivity contribution in [3.63, 3.8) is 0 Å². The zero-order valence-corrected chi connectivity index (χ0v) is 9.92. The van der Waals surface area contributed by atoms with Crippen LogP contribution in [0.1, 0.15) is 41.5 Å². The minimum Gasteiger partial charge on any atom is -0.315 e. The molecule has 1 aromatic heterocycles. The molecule has 1 fully saturated rings. The molecule has 0 saturated heterocycles. The van der Waals surface area contributed by atoms with Gasteiger partial charge in [-0.05, 0) is 19.9 Å². The highest BCUT2D eigenvalue weighted by Gasteiger charge is 2.21. The lowest BCUT2D eigenvalue weighted by molar-refractivity contribution is 0.716. The number of rotatable bonds is 3. The van der Waals surface area contributed by atoms with Gasteiger partial charge in [0.2, 0.25) is 0 Å². The molecule has 78 valence electrons. The van der Waals surface area contributed by atoms with E-state index >= 15 is 0 Å². The van der Waals surface area contributed by atoms with E-state index in [2.05, 4.69) is 10.3 Å². The molecule has 1 aliphatic carbocycles. The van der Waals surface area contributed by atoms with E-state index in [0.29, 0.717) is 11.1 Å². The van der Waals surface area contributed by atoms with Crippen molar-refractivity contribution in [2.45, 2.75) is 38.1 Å². The average Bonchev–Trinajstić information content (AvgIpc) is 2.76. The number of nitrogens with one attached hydrogen (secondary N) is 1. The minimum atomic E-state index is 0.683. The molecule has 4 heteroatoms. The minimum absolute atomic E-state index is 0.683. The molecular formula is C10H15ClN2S. The number of thiazole rings is 1. The van der Waals surface area contributed by atoms with E-state index in [1.165, 1.54) is 35.6 Å². The smallest absolute Gasteiger partial charge is 0.144 e. The van der Waals surface area contributed by atoms with Gasteiger partial charge in [0.05, 0.1) is 9.88 Å². The van der Waals surface area contributed by atoms with Gasteiger partial charge in [0, 0.05) is 12.5 Å². The Morgan fingerprint density at radius 3 is 2.86 bits per heavy atom. The molecule has 2 nitrogen and oxygen atoms in total.